The lowest BCUT2D eigenvalue weighted by molar-refractivity contribution is -0.123. The van der Waals surface area contributed by atoms with Crippen LogP contribution in [0, 0.1) is 24.5 Å². The predicted molar refractivity (Wildman–Crippen MR) is 116 cm³/mol. The molecule has 2 amide bonds. The highest BCUT2D eigenvalue weighted by atomic mass is 32.2. The number of hydrogen-bond acceptors (Lipinski definition) is 5. The summed E-state index contributed by atoms with van der Waals surface area (Å²) < 4.78 is 60.9. The van der Waals surface area contributed by atoms with Crippen molar-refractivity contribution in [3.8, 4) is 5.75 Å². The maximum Gasteiger partial charge on any atom is 0.265 e. The standard InChI is InChI=1S/C22H23F2N3O5S/c1-12-8-18-19(32-13(2)21(28)26-18)10-20(12)33(30,31)27-7-3-4-14(11-27)22(29)25-17-9-15(23)5-6-16(17)24/h5-6,8-10,13-14H,3-4,7,11H2,1-2H3,(H,25,29)(H,26,28)/t13-,14-/m0/s1. The zero-order chi connectivity index (χ0) is 23.9. The van der Waals surface area contributed by atoms with Gasteiger partial charge in [-0.25, -0.2) is 17.2 Å². The predicted octanol–water partition coefficient (Wildman–Crippen LogP) is 3.03. The summed E-state index contributed by atoms with van der Waals surface area (Å²) in [6.45, 7) is 3.28. The largest absolute Gasteiger partial charge is 0.479 e. The first-order valence-corrected chi connectivity index (χ1v) is 11.9. The number of rotatable bonds is 4. The van der Waals surface area contributed by atoms with Crippen molar-refractivity contribution in [2.45, 2.75) is 37.7 Å². The molecule has 8 nitrogen and oxygen atoms in total. The molecule has 2 aromatic carbocycles. The van der Waals surface area contributed by atoms with E-state index in [-0.39, 0.29) is 35.3 Å². The summed E-state index contributed by atoms with van der Waals surface area (Å²) >= 11 is 0. The third kappa shape index (κ3) is 4.55. The molecular weight excluding hydrogens is 456 g/mol. The number of carbonyl (C=O) groups excluding carboxylic acids is 2. The number of aryl methyl sites for hydroxylation is 1. The molecule has 11 heteroatoms. The average Bonchev–Trinajstić information content (AvgIpc) is 2.77. The van der Waals surface area contributed by atoms with Crippen molar-refractivity contribution < 1.29 is 31.5 Å². The number of sulfonamides is 1. The number of ether oxygens (including phenoxy) is 1. The minimum absolute atomic E-state index is 0.0156. The number of halogens is 2. The van der Waals surface area contributed by atoms with Crippen molar-refractivity contribution in [2.75, 3.05) is 23.7 Å². The van der Waals surface area contributed by atoms with Gasteiger partial charge in [-0.05, 0) is 50.5 Å². The molecule has 0 unspecified atom stereocenters. The number of piperidine rings is 1. The fourth-order valence-corrected chi connectivity index (χ4v) is 5.71. The molecule has 0 spiro atoms. The lowest BCUT2D eigenvalue weighted by atomic mass is 9.98. The first kappa shape index (κ1) is 23.1. The SMILES string of the molecule is Cc1cc2c(cc1S(=O)(=O)N1CCC[C@H](C(=O)Nc3cc(F)ccc3F)C1)O[C@@H](C)C(=O)N2. The number of nitrogens with zero attached hydrogens (tertiary/aromatic N) is 1. The summed E-state index contributed by atoms with van der Waals surface area (Å²) in [7, 11) is -3.98. The fraction of sp³-hybridized carbons (Fsp3) is 0.364. The van der Waals surface area contributed by atoms with Crippen LogP contribution in [-0.4, -0.2) is 43.7 Å². The number of anilines is 2. The zero-order valence-corrected chi connectivity index (χ0v) is 18.8. The summed E-state index contributed by atoms with van der Waals surface area (Å²) in [5.74, 6) is -2.87. The van der Waals surface area contributed by atoms with E-state index in [0.29, 0.717) is 24.1 Å². The normalized spacial score (nSPS) is 21.0. The van der Waals surface area contributed by atoms with E-state index in [2.05, 4.69) is 10.6 Å². The third-order valence-corrected chi connectivity index (χ3v) is 7.77. The highest BCUT2D eigenvalue weighted by Gasteiger charge is 2.35. The van der Waals surface area contributed by atoms with Gasteiger partial charge < -0.3 is 15.4 Å². The molecular formula is C22H23F2N3O5S. The van der Waals surface area contributed by atoms with Crippen LogP contribution in [0.2, 0.25) is 0 Å². The Bertz CT molecular complexity index is 1230. The third-order valence-electron chi connectivity index (χ3n) is 5.77. The van der Waals surface area contributed by atoms with Crippen LogP contribution in [-0.2, 0) is 19.6 Å². The number of nitrogens with one attached hydrogen (secondary N) is 2. The van der Waals surface area contributed by atoms with Gasteiger partial charge in [0, 0.05) is 25.2 Å². The quantitative estimate of drug-likeness (QED) is 0.702. The molecule has 0 radical (unpaired) electrons. The maximum absolute atomic E-state index is 13.9. The number of benzene rings is 2. The smallest absolute Gasteiger partial charge is 0.265 e. The molecule has 0 aromatic heterocycles. The van der Waals surface area contributed by atoms with E-state index in [4.69, 9.17) is 4.74 Å². The van der Waals surface area contributed by atoms with Crippen molar-refractivity contribution in [3.05, 3.63) is 47.5 Å². The van der Waals surface area contributed by atoms with Crippen molar-refractivity contribution in [3.63, 3.8) is 0 Å². The Kier molecular flexibility index (Phi) is 6.10. The van der Waals surface area contributed by atoms with Crippen molar-refractivity contribution in [1.82, 2.24) is 4.31 Å². The molecule has 0 saturated carbocycles. The first-order chi connectivity index (χ1) is 15.6. The Morgan fingerprint density at radius 2 is 2.00 bits per heavy atom. The van der Waals surface area contributed by atoms with Gasteiger partial charge >= 0.3 is 0 Å². The molecule has 1 saturated heterocycles. The number of carbonyl (C=O) groups is 2. The van der Waals surface area contributed by atoms with E-state index in [0.717, 1.165) is 18.2 Å². The number of hydrogen-bond donors (Lipinski definition) is 2. The van der Waals surface area contributed by atoms with Gasteiger partial charge in [0.05, 0.1) is 22.2 Å². The Hall–Kier alpha value is -3.05. The van der Waals surface area contributed by atoms with Gasteiger partial charge in [-0.3, -0.25) is 9.59 Å². The van der Waals surface area contributed by atoms with Crippen molar-refractivity contribution >= 4 is 33.2 Å². The van der Waals surface area contributed by atoms with Crippen LogP contribution in [0.5, 0.6) is 5.75 Å². The molecule has 0 bridgehead atoms. The molecule has 2 aromatic rings. The first-order valence-electron chi connectivity index (χ1n) is 10.4. The molecule has 2 N–H and O–H groups in total. The Labute approximate surface area is 190 Å². The second kappa shape index (κ2) is 8.71. The van der Waals surface area contributed by atoms with Crippen LogP contribution in [0.25, 0.3) is 0 Å². The van der Waals surface area contributed by atoms with E-state index in [1.807, 2.05) is 0 Å². The topological polar surface area (TPSA) is 105 Å². The van der Waals surface area contributed by atoms with Crippen LogP contribution in [0.1, 0.15) is 25.3 Å². The lowest BCUT2D eigenvalue weighted by Crippen LogP contribution is -2.44. The minimum atomic E-state index is -3.98. The average molecular weight is 480 g/mol. The summed E-state index contributed by atoms with van der Waals surface area (Å²) in [4.78, 5) is 24.5. The lowest BCUT2D eigenvalue weighted by Gasteiger charge is -2.32. The van der Waals surface area contributed by atoms with Crippen LogP contribution in [0.3, 0.4) is 0 Å². The Morgan fingerprint density at radius 3 is 2.76 bits per heavy atom. The molecule has 33 heavy (non-hydrogen) atoms. The van der Waals surface area contributed by atoms with Crippen LogP contribution < -0.4 is 15.4 Å². The van der Waals surface area contributed by atoms with E-state index < -0.39 is 39.6 Å². The fourth-order valence-electron chi connectivity index (χ4n) is 3.96. The molecule has 1 fully saturated rings. The van der Waals surface area contributed by atoms with Gasteiger partial charge in [0.15, 0.2) is 6.10 Å². The molecule has 2 aliphatic heterocycles. The second-order valence-corrected chi connectivity index (χ2v) is 10.1. The second-order valence-electron chi connectivity index (χ2n) is 8.18. The maximum atomic E-state index is 13.9. The summed E-state index contributed by atoms with van der Waals surface area (Å²) in [6, 6.07) is 5.64. The monoisotopic (exact) mass is 479 g/mol. The molecule has 2 atom stereocenters. The van der Waals surface area contributed by atoms with Crippen LogP contribution in [0.15, 0.2) is 35.2 Å². The van der Waals surface area contributed by atoms with E-state index >= 15 is 0 Å². The molecule has 2 aliphatic rings. The van der Waals surface area contributed by atoms with Gasteiger partial charge in [-0.15, -0.1) is 0 Å². The van der Waals surface area contributed by atoms with E-state index in [1.165, 1.54) is 16.4 Å². The summed E-state index contributed by atoms with van der Waals surface area (Å²) in [5.41, 5.74) is 0.516. The van der Waals surface area contributed by atoms with Gasteiger partial charge in [-0.1, -0.05) is 0 Å². The summed E-state index contributed by atoms with van der Waals surface area (Å²) in [5, 5.41) is 5.04. The van der Waals surface area contributed by atoms with Gasteiger partial charge in [-0.2, -0.15) is 4.31 Å². The Balaban J connectivity index is 1.55. The Morgan fingerprint density at radius 1 is 1.24 bits per heavy atom. The van der Waals surface area contributed by atoms with Gasteiger partial charge in [0.25, 0.3) is 5.91 Å². The van der Waals surface area contributed by atoms with E-state index in [9.17, 15) is 26.8 Å². The molecule has 2 heterocycles. The molecule has 0 aliphatic carbocycles. The van der Waals surface area contributed by atoms with Crippen molar-refractivity contribution in [2.24, 2.45) is 5.92 Å². The van der Waals surface area contributed by atoms with Gasteiger partial charge in [0.1, 0.15) is 17.4 Å². The van der Waals surface area contributed by atoms with E-state index in [1.54, 1.807) is 13.8 Å². The highest BCUT2D eigenvalue weighted by Crippen LogP contribution is 2.36. The van der Waals surface area contributed by atoms with Crippen LogP contribution in [0.4, 0.5) is 20.2 Å². The molecule has 176 valence electrons. The molecule has 4 rings (SSSR count). The number of amides is 2. The van der Waals surface area contributed by atoms with Crippen molar-refractivity contribution in [1.29, 1.82) is 0 Å². The number of fused-ring (bicyclic) bond motifs is 1. The highest BCUT2D eigenvalue weighted by molar-refractivity contribution is 7.89. The zero-order valence-electron chi connectivity index (χ0n) is 18.0. The summed E-state index contributed by atoms with van der Waals surface area (Å²) in [6.07, 6.45) is 0.0725. The van der Waals surface area contributed by atoms with Gasteiger partial charge in [0.2, 0.25) is 15.9 Å². The minimum Gasteiger partial charge on any atom is -0.479 e. The van der Waals surface area contributed by atoms with Crippen LogP contribution >= 0.6 is 0 Å².